The molecule has 1 aromatic carbocycles. The van der Waals surface area contributed by atoms with E-state index in [1.165, 1.54) is 12.1 Å². The van der Waals surface area contributed by atoms with Gasteiger partial charge in [0.15, 0.2) is 0 Å². The Labute approximate surface area is 111 Å². The molecule has 1 N–H and O–H groups in total. The molecule has 0 saturated carbocycles. The first-order valence-corrected chi connectivity index (χ1v) is 5.84. The van der Waals surface area contributed by atoms with Gasteiger partial charge in [0.1, 0.15) is 0 Å². The van der Waals surface area contributed by atoms with Crippen molar-refractivity contribution >= 4 is 21.8 Å². The average molecular weight is 322 g/mol. The normalized spacial score (nSPS) is 11.1. The van der Waals surface area contributed by atoms with Crippen molar-refractivity contribution in [3.63, 3.8) is 0 Å². The van der Waals surface area contributed by atoms with E-state index in [0.717, 1.165) is 12.1 Å². The van der Waals surface area contributed by atoms with Crippen molar-refractivity contribution in [2.24, 2.45) is 0 Å². The van der Waals surface area contributed by atoms with Gasteiger partial charge in [-0.25, -0.2) is 0 Å². The van der Waals surface area contributed by atoms with Gasteiger partial charge in [-0.2, -0.15) is 13.2 Å². The van der Waals surface area contributed by atoms with Gasteiger partial charge in [-0.1, -0.05) is 34.6 Å². The van der Waals surface area contributed by atoms with E-state index in [1.54, 1.807) is 0 Å². The monoisotopic (exact) mass is 321 g/mol. The van der Waals surface area contributed by atoms with Crippen LogP contribution in [0.15, 0.2) is 35.3 Å². The molecule has 0 atom stereocenters. The molecule has 6 heteroatoms. The van der Waals surface area contributed by atoms with E-state index in [4.69, 9.17) is 0 Å². The molecule has 1 rings (SSSR count). The molecule has 18 heavy (non-hydrogen) atoms. The minimum absolute atomic E-state index is 0.0401. The van der Waals surface area contributed by atoms with Crippen molar-refractivity contribution in [2.75, 3.05) is 6.54 Å². The second kappa shape index (κ2) is 6.04. The summed E-state index contributed by atoms with van der Waals surface area (Å²) < 4.78 is 37.5. The number of carbonyl (C=O) groups excluding carboxylic acids is 1. The lowest BCUT2D eigenvalue weighted by molar-refractivity contribution is -0.137. The lowest BCUT2D eigenvalue weighted by atomic mass is 10.1. The molecule has 0 aliphatic rings. The second-order valence-electron chi connectivity index (χ2n) is 3.67. The Morgan fingerprint density at radius 1 is 1.28 bits per heavy atom. The second-order valence-corrected chi connectivity index (χ2v) is 4.79. The van der Waals surface area contributed by atoms with Crippen LogP contribution in [-0.2, 0) is 17.4 Å². The van der Waals surface area contributed by atoms with Crippen LogP contribution >= 0.6 is 15.9 Å². The van der Waals surface area contributed by atoms with Gasteiger partial charge in [-0.05, 0) is 17.7 Å². The molecule has 98 valence electrons. The topological polar surface area (TPSA) is 29.1 Å². The van der Waals surface area contributed by atoms with Crippen molar-refractivity contribution in [1.82, 2.24) is 5.32 Å². The van der Waals surface area contributed by atoms with Crippen molar-refractivity contribution in [3.8, 4) is 0 Å². The van der Waals surface area contributed by atoms with Crippen LogP contribution in [0, 0.1) is 0 Å². The van der Waals surface area contributed by atoms with Gasteiger partial charge in [0, 0.05) is 11.0 Å². The zero-order valence-corrected chi connectivity index (χ0v) is 10.9. The number of hydrogen-bond donors (Lipinski definition) is 1. The maximum Gasteiger partial charge on any atom is 0.416 e. The molecule has 0 aliphatic heterocycles. The molecule has 0 saturated heterocycles. The van der Waals surface area contributed by atoms with Gasteiger partial charge in [-0.3, -0.25) is 4.79 Å². The molecule has 1 amide bonds. The highest BCUT2D eigenvalue weighted by molar-refractivity contribution is 9.11. The van der Waals surface area contributed by atoms with Crippen LogP contribution in [0.2, 0.25) is 0 Å². The standard InChI is InChI=1S/C12H11BrF3NO/c1-8(13)7-17-11(18)6-9-2-4-10(5-3-9)12(14,15)16/h2-5H,1,6-7H2,(H,17,18). The minimum Gasteiger partial charge on any atom is -0.351 e. The van der Waals surface area contributed by atoms with Gasteiger partial charge in [0.2, 0.25) is 5.91 Å². The summed E-state index contributed by atoms with van der Waals surface area (Å²) >= 11 is 3.09. The Bertz CT molecular complexity index is 440. The Morgan fingerprint density at radius 3 is 2.28 bits per heavy atom. The highest BCUT2D eigenvalue weighted by Crippen LogP contribution is 2.29. The van der Waals surface area contributed by atoms with E-state index < -0.39 is 11.7 Å². The van der Waals surface area contributed by atoms with E-state index in [2.05, 4.69) is 27.8 Å². The molecule has 0 radical (unpaired) electrons. The average Bonchev–Trinajstić information content (AvgIpc) is 2.26. The summed E-state index contributed by atoms with van der Waals surface area (Å²) in [7, 11) is 0. The van der Waals surface area contributed by atoms with E-state index in [9.17, 15) is 18.0 Å². The summed E-state index contributed by atoms with van der Waals surface area (Å²) in [6, 6.07) is 4.52. The number of benzene rings is 1. The maximum absolute atomic E-state index is 12.3. The van der Waals surface area contributed by atoms with Crippen molar-refractivity contribution in [3.05, 3.63) is 46.5 Å². The number of hydrogen-bond acceptors (Lipinski definition) is 1. The molecule has 0 fully saturated rings. The Morgan fingerprint density at radius 2 is 1.83 bits per heavy atom. The predicted molar refractivity (Wildman–Crippen MR) is 66.2 cm³/mol. The first-order chi connectivity index (χ1) is 8.29. The van der Waals surface area contributed by atoms with E-state index in [0.29, 0.717) is 16.6 Å². The smallest absolute Gasteiger partial charge is 0.351 e. The Kier molecular flexibility index (Phi) is 4.95. The first kappa shape index (κ1) is 14.8. The van der Waals surface area contributed by atoms with Gasteiger partial charge in [0.25, 0.3) is 0 Å². The van der Waals surface area contributed by atoms with E-state index in [-0.39, 0.29) is 12.3 Å². The molecule has 0 spiro atoms. The third-order valence-electron chi connectivity index (χ3n) is 2.12. The van der Waals surface area contributed by atoms with Gasteiger partial charge in [-0.15, -0.1) is 0 Å². The van der Waals surface area contributed by atoms with Gasteiger partial charge < -0.3 is 5.32 Å². The number of amides is 1. The van der Waals surface area contributed by atoms with Gasteiger partial charge >= 0.3 is 6.18 Å². The van der Waals surface area contributed by atoms with Crippen LogP contribution < -0.4 is 5.32 Å². The van der Waals surface area contributed by atoms with Crippen LogP contribution in [0.4, 0.5) is 13.2 Å². The third-order valence-corrected chi connectivity index (χ3v) is 2.40. The molecule has 0 aliphatic carbocycles. The fraction of sp³-hybridized carbons (Fsp3) is 0.250. The summed E-state index contributed by atoms with van der Waals surface area (Å²) in [5.41, 5.74) is -0.193. The van der Waals surface area contributed by atoms with Gasteiger partial charge in [0.05, 0.1) is 12.0 Å². The highest BCUT2D eigenvalue weighted by atomic mass is 79.9. The molecule has 0 aromatic heterocycles. The summed E-state index contributed by atoms with van der Waals surface area (Å²) in [6.07, 6.45) is -4.31. The Balaban J connectivity index is 2.59. The maximum atomic E-state index is 12.3. The highest BCUT2D eigenvalue weighted by Gasteiger charge is 2.29. The summed E-state index contributed by atoms with van der Waals surface area (Å²) in [5.74, 6) is -0.268. The number of halogens is 4. The molecule has 0 unspecified atom stereocenters. The number of rotatable bonds is 4. The molecular weight excluding hydrogens is 311 g/mol. The first-order valence-electron chi connectivity index (χ1n) is 5.05. The van der Waals surface area contributed by atoms with Crippen molar-refractivity contribution in [1.29, 1.82) is 0 Å². The lowest BCUT2D eigenvalue weighted by Gasteiger charge is -2.08. The van der Waals surface area contributed by atoms with Crippen LogP contribution in [-0.4, -0.2) is 12.5 Å². The summed E-state index contributed by atoms with van der Waals surface area (Å²) in [6.45, 7) is 3.84. The fourth-order valence-electron chi connectivity index (χ4n) is 1.25. The molecule has 0 heterocycles. The molecule has 1 aromatic rings. The molecule has 2 nitrogen and oxygen atoms in total. The quantitative estimate of drug-likeness (QED) is 0.906. The SMILES string of the molecule is C=C(Br)CNC(=O)Cc1ccc(C(F)(F)F)cc1. The molecular formula is C12H11BrF3NO. The predicted octanol–water partition coefficient (Wildman–Crippen LogP) is 3.27. The number of carbonyl (C=O) groups is 1. The summed E-state index contributed by atoms with van der Waals surface area (Å²) in [5, 5.41) is 2.57. The lowest BCUT2D eigenvalue weighted by Crippen LogP contribution is -2.26. The minimum atomic E-state index is -4.35. The zero-order chi connectivity index (χ0) is 13.8. The largest absolute Gasteiger partial charge is 0.416 e. The summed E-state index contributed by atoms with van der Waals surface area (Å²) in [4.78, 5) is 11.4. The van der Waals surface area contributed by atoms with E-state index >= 15 is 0 Å². The molecule has 0 bridgehead atoms. The van der Waals surface area contributed by atoms with Crippen molar-refractivity contribution in [2.45, 2.75) is 12.6 Å². The van der Waals surface area contributed by atoms with Crippen molar-refractivity contribution < 1.29 is 18.0 Å². The fourth-order valence-corrected chi connectivity index (χ4v) is 1.39. The number of nitrogens with one attached hydrogen (secondary N) is 1. The third kappa shape index (κ3) is 4.91. The van der Waals surface area contributed by atoms with Crippen LogP contribution in [0.3, 0.4) is 0 Å². The Hall–Kier alpha value is -1.30. The van der Waals surface area contributed by atoms with Crippen LogP contribution in [0.25, 0.3) is 0 Å². The van der Waals surface area contributed by atoms with Crippen LogP contribution in [0.1, 0.15) is 11.1 Å². The zero-order valence-electron chi connectivity index (χ0n) is 9.35. The van der Waals surface area contributed by atoms with E-state index in [1.807, 2.05) is 0 Å². The number of alkyl halides is 3. The van der Waals surface area contributed by atoms with Crippen LogP contribution in [0.5, 0.6) is 0 Å².